The molecule has 0 heterocycles. The molecular weight excluding hydrogens is 364 g/mol. The molecule has 2 aromatic carbocycles. The fourth-order valence-electron chi connectivity index (χ4n) is 2.74. The molecule has 0 aliphatic heterocycles. The first-order chi connectivity index (χ1) is 13.0. The molecular formula is C21H25ClN2O3. The molecule has 6 heteroatoms. The van der Waals surface area contributed by atoms with Crippen molar-refractivity contribution >= 4 is 23.4 Å². The summed E-state index contributed by atoms with van der Waals surface area (Å²) in [4.78, 5) is 26.9. The summed E-state index contributed by atoms with van der Waals surface area (Å²) in [5, 5.41) is 3.32. The minimum Gasteiger partial charge on any atom is -0.497 e. The van der Waals surface area contributed by atoms with Gasteiger partial charge in [0.05, 0.1) is 13.5 Å². The van der Waals surface area contributed by atoms with Gasteiger partial charge in [-0.25, -0.2) is 0 Å². The van der Waals surface area contributed by atoms with Crippen LogP contribution in [0.2, 0.25) is 5.02 Å². The maximum atomic E-state index is 13.0. The highest BCUT2D eigenvalue weighted by molar-refractivity contribution is 6.31. The molecule has 0 saturated heterocycles. The normalized spacial score (nSPS) is 11.6. The molecule has 27 heavy (non-hydrogen) atoms. The molecule has 2 rings (SSSR count). The molecule has 0 spiro atoms. The monoisotopic (exact) mass is 388 g/mol. The third kappa shape index (κ3) is 5.73. The maximum absolute atomic E-state index is 13.0. The Morgan fingerprint density at radius 3 is 2.41 bits per heavy atom. The minimum absolute atomic E-state index is 0.138. The lowest BCUT2D eigenvalue weighted by Gasteiger charge is -2.29. The highest BCUT2D eigenvalue weighted by Gasteiger charge is 2.26. The Morgan fingerprint density at radius 1 is 1.15 bits per heavy atom. The van der Waals surface area contributed by atoms with E-state index in [1.165, 1.54) is 0 Å². The van der Waals surface area contributed by atoms with Crippen molar-refractivity contribution in [1.82, 2.24) is 10.2 Å². The summed E-state index contributed by atoms with van der Waals surface area (Å²) in [5.74, 6) is 0.403. The Balaban J connectivity index is 2.23. The molecule has 0 aromatic heterocycles. The van der Waals surface area contributed by atoms with Gasteiger partial charge in [0.1, 0.15) is 11.8 Å². The Labute approximate surface area is 165 Å². The first-order valence-corrected chi connectivity index (χ1v) is 9.27. The van der Waals surface area contributed by atoms with E-state index in [0.717, 1.165) is 16.9 Å². The van der Waals surface area contributed by atoms with Crippen LogP contribution in [0.5, 0.6) is 5.75 Å². The van der Waals surface area contributed by atoms with Gasteiger partial charge in [0.25, 0.3) is 0 Å². The number of likely N-dealkylation sites (N-methyl/N-ethyl adjacent to an activating group) is 1. The lowest BCUT2D eigenvalue weighted by Crippen LogP contribution is -2.48. The SMILES string of the molecule is CCNC(=O)[C@@H](C)N(Cc1ccc(OC)cc1)C(=O)Cc1ccccc1Cl. The van der Waals surface area contributed by atoms with E-state index in [4.69, 9.17) is 16.3 Å². The standard InChI is InChI=1S/C21H25ClN2O3/c1-4-23-21(26)15(2)24(14-16-9-11-18(27-3)12-10-16)20(25)13-17-7-5-6-8-19(17)22/h5-12,15H,4,13-14H2,1-3H3,(H,23,26)/t15-/m1/s1. The first-order valence-electron chi connectivity index (χ1n) is 8.89. The van der Waals surface area contributed by atoms with Gasteiger partial charge in [-0.3, -0.25) is 9.59 Å². The predicted octanol–water partition coefficient (Wildman–Crippen LogP) is 3.44. The summed E-state index contributed by atoms with van der Waals surface area (Å²) < 4.78 is 5.17. The number of methoxy groups -OCH3 is 1. The van der Waals surface area contributed by atoms with Crippen molar-refractivity contribution in [2.75, 3.05) is 13.7 Å². The van der Waals surface area contributed by atoms with Crippen LogP contribution in [0.4, 0.5) is 0 Å². The topological polar surface area (TPSA) is 58.6 Å². The quantitative estimate of drug-likeness (QED) is 0.753. The number of hydrogen-bond donors (Lipinski definition) is 1. The molecule has 0 fully saturated rings. The second-order valence-corrected chi connectivity index (χ2v) is 6.62. The smallest absolute Gasteiger partial charge is 0.242 e. The van der Waals surface area contributed by atoms with E-state index >= 15 is 0 Å². The molecule has 0 saturated carbocycles. The van der Waals surface area contributed by atoms with Crippen molar-refractivity contribution < 1.29 is 14.3 Å². The first kappa shape index (κ1) is 20.8. The number of nitrogens with one attached hydrogen (secondary N) is 1. The third-order valence-electron chi connectivity index (χ3n) is 4.33. The number of benzene rings is 2. The van der Waals surface area contributed by atoms with Crippen molar-refractivity contribution in [2.45, 2.75) is 32.9 Å². The number of rotatable bonds is 8. The summed E-state index contributed by atoms with van der Waals surface area (Å²) >= 11 is 6.19. The van der Waals surface area contributed by atoms with Crippen LogP contribution in [0, 0.1) is 0 Å². The Morgan fingerprint density at radius 2 is 1.81 bits per heavy atom. The highest BCUT2D eigenvalue weighted by atomic mass is 35.5. The van der Waals surface area contributed by atoms with E-state index in [-0.39, 0.29) is 18.2 Å². The van der Waals surface area contributed by atoms with Crippen molar-refractivity contribution in [3.05, 3.63) is 64.7 Å². The fraction of sp³-hybridized carbons (Fsp3) is 0.333. The predicted molar refractivity (Wildman–Crippen MR) is 107 cm³/mol. The molecule has 0 unspecified atom stereocenters. The zero-order valence-corrected chi connectivity index (χ0v) is 16.6. The molecule has 2 amide bonds. The molecule has 2 aromatic rings. The highest BCUT2D eigenvalue weighted by Crippen LogP contribution is 2.19. The van der Waals surface area contributed by atoms with Crippen LogP contribution in [0.1, 0.15) is 25.0 Å². The Hall–Kier alpha value is -2.53. The number of nitrogens with zero attached hydrogens (tertiary/aromatic N) is 1. The van der Waals surface area contributed by atoms with Crippen LogP contribution in [0.25, 0.3) is 0 Å². The van der Waals surface area contributed by atoms with Gasteiger partial charge in [0.2, 0.25) is 11.8 Å². The van der Waals surface area contributed by atoms with Crippen LogP contribution in [-0.2, 0) is 22.6 Å². The summed E-state index contributed by atoms with van der Waals surface area (Å²) in [6, 6.07) is 14.1. The van der Waals surface area contributed by atoms with Crippen LogP contribution in [0.3, 0.4) is 0 Å². The number of halogens is 1. The third-order valence-corrected chi connectivity index (χ3v) is 4.70. The summed E-state index contributed by atoms with van der Waals surface area (Å²) in [5.41, 5.74) is 1.66. The fourth-order valence-corrected chi connectivity index (χ4v) is 2.94. The molecule has 5 nitrogen and oxygen atoms in total. The number of carbonyl (C=O) groups is 2. The molecule has 0 radical (unpaired) electrons. The summed E-state index contributed by atoms with van der Waals surface area (Å²) in [6.45, 7) is 4.42. The molecule has 1 atom stereocenters. The van der Waals surface area contributed by atoms with E-state index in [9.17, 15) is 9.59 Å². The van der Waals surface area contributed by atoms with Gasteiger partial charge in [-0.15, -0.1) is 0 Å². The lowest BCUT2D eigenvalue weighted by atomic mass is 10.1. The van der Waals surface area contributed by atoms with Crippen molar-refractivity contribution in [1.29, 1.82) is 0 Å². The number of ether oxygens (including phenoxy) is 1. The van der Waals surface area contributed by atoms with E-state index < -0.39 is 6.04 Å². The van der Waals surface area contributed by atoms with E-state index in [1.54, 1.807) is 25.0 Å². The van der Waals surface area contributed by atoms with Crippen molar-refractivity contribution in [3.8, 4) is 5.75 Å². The van der Waals surface area contributed by atoms with E-state index in [1.807, 2.05) is 49.4 Å². The zero-order valence-electron chi connectivity index (χ0n) is 15.9. The van der Waals surface area contributed by atoms with Gasteiger partial charge >= 0.3 is 0 Å². The summed E-state index contributed by atoms with van der Waals surface area (Å²) in [7, 11) is 1.60. The van der Waals surface area contributed by atoms with Crippen molar-refractivity contribution in [3.63, 3.8) is 0 Å². The van der Waals surface area contributed by atoms with Crippen LogP contribution in [-0.4, -0.2) is 36.4 Å². The molecule has 1 N–H and O–H groups in total. The van der Waals surface area contributed by atoms with Gasteiger partial charge in [0, 0.05) is 18.1 Å². The minimum atomic E-state index is -0.595. The molecule has 0 aliphatic rings. The van der Waals surface area contributed by atoms with Gasteiger partial charge in [0.15, 0.2) is 0 Å². The van der Waals surface area contributed by atoms with Crippen LogP contribution >= 0.6 is 11.6 Å². The zero-order chi connectivity index (χ0) is 19.8. The van der Waals surface area contributed by atoms with Gasteiger partial charge in [-0.2, -0.15) is 0 Å². The Kier molecular flexibility index (Phi) is 7.67. The number of carbonyl (C=O) groups excluding carboxylic acids is 2. The average molecular weight is 389 g/mol. The van der Waals surface area contributed by atoms with Crippen LogP contribution < -0.4 is 10.1 Å². The average Bonchev–Trinajstić information content (AvgIpc) is 2.68. The maximum Gasteiger partial charge on any atom is 0.242 e. The second kappa shape index (κ2) is 9.97. The van der Waals surface area contributed by atoms with Gasteiger partial charge < -0.3 is 15.0 Å². The van der Waals surface area contributed by atoms with E-state index in [0.29, 0.717) is 18.1 Å². The second-order valence-electron chi connectivity index (χ2n) is 6.21. The molecule has 0 aliphatic carbocycles. The van der Waals surface area contributed by atoms with Gasteiger partial charge in [-0.05, 0) is 43.2 Å². The number of amides is 2. The van der Waals surface area contributed by atoms with Crippen LogP contribution in [0.15, 0.2) is 48.5 Å². The molecule has 0 bridgehead atoms. The van der Waals surface area contributed by atoms with Crippen molar-refractivity contribution in [2.24, 2.45) is 0 Å². The van der Waals surface area contributed by atoms with E-state index in [2.05, 4.69) is 5.32 Å². The van der Waals surface area contributed by atoms with Gasteiger partial charge in [-0.1, -0.05) is 41.9 Å². The number of hydrogen-bond acceptors (Lipinski definition) is 3. The Bertz CT molecular complexity index is 777. The lowest BCUT2D eigenvalue weighted by molar-refractivity contribution is -0.140. The summed E-state index contributed by atoms with van der Waals surface area (Å²) in [6.07, 6.45) is 0.138. The largest absolute Gasteiger partial charge is 0.497 e. The molecule has 144 valence electrons.